The van der Waals surface area contributed by atoms with E-state index in [0.717, 1.165) is 23.4 Å². The number of rotatable bonds is 6. The first-order chi connectivity index (χ1) is 13.3. The van der Waals surface area contributed by atoms with Gasteiger partial charge in [0, 0.05) is 30.7 Å². The van der Waals surface area contributed by atoms with Crippen LogP contribution in [0, 0.1) is 0 Å². The van der Waals surface area contributed by atoms with Crippen LogP contribution < -0.4 is 21.9 Å². The molecular formula is C20H21F3N4O. The fraction of sp³-hybridized carbons (Fsp3) is 0.250. The van der Waals surface area contributed by atoms with Crippen molar-refractivity contribution in [2.75, 3.05) is 23.7 Å². The number of benzene rings is 2. The maximum atomic E-state index is 13.1. The van der Waals surface area contributed by atoms with E-state index in [1.807, 2.05) is 13.0 Å². The molecule has 1 aromatic heterocycles. The van der Waals surface area contributed by atoms with Gasteiger partial charge in [0.2, 0.25) is 0 Å². The van der Waals surface area contributed by atoms with Crippen LogP contribution in [-0.4, -0.2) is 18.1 Å². The molecule has 0 spiro atoms. The van der Waals surface area contributed by atoms with E-state index < -0.39 is 11.7 Å². The van der Waals surface area contributed by atoms with Crippen LogP contribution in [0.2, 0.25) is 0 Å². The Morgan fingerprint density at radius 1 is 1.18 bits per heavy atom. The molecule has 0 aliphatic carbocycles. The van der Waals surface area contributed by atoms with Crippen molar-refractivity contribution in [1.29, 1.82) is 0 Å². The summed E-state index contributed by atoms with van der Waals surface area (Å²) in [4.78, 5) is 15.1. The molecule has 0 fully saturated rings. The molecule has 0 amide bonds. The van der Waals surface area contributed by atoms with Gasteiger partial charge in [-0.1, -0.05) is 13.0 Å². The lowest BCUT2D eigenvalue weighted by atomic mass is 10.0. The molecule has 0 aliphatic heterocycles. The number of aromatic amines is 1. The van der Waals surface area contributed by atoms with Crippen molar-refractivity contribution < 1.29 is 13.2 Å². The van der Waals surface area contributed by atoms with Crippen LogP contribution in [0.25, 0.3) is 10.8 Å². The third-order valence-electron chi connectivity index (χ3n) is 4.44. The number of nitrogens with two attached hydrogens (primary N) is 1. The summed E-state index contributed by atoms with van der Waals surface area (Å²) in [5, 5.41) is 7.35. The number of alkyl halides is 3. The molecule has 0 bridgehead atoms. The molecule has 8 heteroatoms. The maximum absolute atomic E-state index is 13.1. The predicted octanol–water partition coefficient (Wildman–Crippen LogP) is 4.22. The Balaban J connectivity index is 2.19. The van der Waals surface area contributed by atoms with Crippen LogP contribution in [-0.2, 0) is 12.6 Å². The van der Waals surface area contributed by atoms with Gasteiger partial charge >= 0.3 is 6.18 Å². The minimum absolute atomic E-state index is 0.255. The van der Waals surface area contributed by atoms with Crippen molar-refractivity contribution in [3.8, 4) is 0 Å². The van der Waals surface area contributed by atoms with Gasteiger partial charge in [0.15, 0.2) is 0 Å². The van der Waals surface area contributed by atoms with Crippen molar-refractivity contribution in [1.82, 2.24) is 4.98 Å². The molecule has 28 heavy (non-hydrogen) atoms. The Labute approximate surface area is 159 Å². The highest BCUT2D eigenvalue weighted by Crippen LogP contribution is 2.36. The molecule has 1 heterocycles. The Morgan fingerprint density at radius 2 is 1.96 bits per heavy atom. The lowest BCUT2D eigenvalue weighted by Crippen LogP contribution is -2.16. The number of nitrogens with one attached hydrogen (secondary N) is 3. The van der Waals surface area contributed by atoms with Crippen LogP contribution in [0.4, 0.5) is 30.2 Å². The van der Waals surface area contributed by atoms with Gasteiger partial charge in [-0.3, -0.25) is 4.79 Å². The zero-order valence-corrected chi connectivity index (χ0v) is 15.3. The number of pyridine rings is 1. The fourth-order valence-electron chi connectivity index (χ4n) is 3.19. The summed E-state index contributed by atoms with van der Waals surface area (Å²) >= 11 is 0. The number of halogens is 3. The normalized spacial score (nSPS) is 11.6. The first-order valence-corrected chi connectivity index (χ1v) is 8.90. The van der Waals surface area contributed by atoms with E-state index in [9.17, 15) is 18.0 Å². The predicted molar refractivity (Wildman–Crippen MR) is 106 cm³/mol. The Hall–Kier alpha value is -3.00. The Bertz CT molecular complexity index is 1040. The van der Waals surface area contributed by atoms with Crippen LogP contribution in [0.1, 0.15) is 18.1 Å². The lowest BCUT2D eigenvalue weighted by molar-refractivity contribution is -0.137. The zero-order valence-electron chi connectivity index (χ0n) is 15.3. The second-order valence-corrected chi connectivity index (χ2v) is 6.32. The zero-order chi connectivity index (χ0) is 20.3. The van der Waals surface area contributed by atoms with Crippen LogP contribution in [0.5, 0.6) is 0 Å². The molecule has 5 N–H and O–H groups in total. The van der Waals surface area contributed by atoms with Gasteiger partial charge in [-0.05, 0) is 47.7 Å². The third kappa shape index (κ3) is 3.96. The average molecular weight is 390 g/mol. The molecule has 0 saturated heterocycles. The SMILES string of the molecule is CCc1c(NCCN)cc2cc[nH]c(=O)c2c1Nc1cccc(C(F)(F)F)c1. The minimum atomic E-state index is -4.45. The molecule has 0 unspecified atom stereocenters. The van der Waals surface area contributed by atoms with E-state index in [2.05, 4.69) is 15.6 Å². The summed E-state index contributed by atoms with van der Waals surface area (Å²) < 4.78 is 39.2. The van der Waals surface area contributed by atoms with E-state index in [1.165, 1.54) is 18.3 Å². The molecule has 0 aliphatic rings. The number of hydrogen-bond acceptors (Lipinski definition) is 4. The van der Waals surface area contributed by atoms with Crippen LogP contribution in [0.15, 0.2) is 47.4 Å². The number of aromatic nitrogens is 1. The van der Waals surface area contributed by atoms with Crippen molar-refractivity contribution >= 4 is 27.8 Å². The Kier molecular flexibility index (Phi) is 5.60. The van der Waals surface area contributed by atoms with E-state index in [-0.39, 0.29) is 11.2 Å². The summed E-state index contributed by atoms with van der Waals surface area (Å²) in [6.07, 6.45) is -2.34. The Morgan fingerprint density at radius 3 is 2.64 bits per heavy atom. The average Bonchev–Trinajstić information content (AvgIpc) is 2.66. The molecule has 5 nitrogen and oxygen atoms in total. The second kappa shape index (κ2) is 7.93. The largest absolute Gasteiger partial charge is 0.416 e. The van der Waals surface area contributed by atoms with E-state index >= 15 is 0 Å². The van der Waals surface area contributed by atoms with Gasteiger partial charge in [-0.25, -0.2) is 0 Å². The topological polar surface area (TPSA) is 82.9 Å². The number of anilines is 3. The van der Waals surface area contributed by atoms with Gasteiger partial charge in [0.25, 0.3) is 5.56 Å². The van der Waals surface area contributed by atoms with E-state index in [4.69, 9.17) is 5.73 Å². The first kappa shape index (κ1) is 19.8. The molecule has 148 valence electrons. The van der Waals surface area contributed by atoms with Gasteiger partial charge in [0.1, 0.15) is 0 Å². The molecule has 3 aromatic rings. The van der Waals surface area contributed by atoms with Gasteiger partial charge in [0.05, 0.1) is 16.6 Å². The van der Waals surface area contributed by atoms with Crippen molar-refractivity contribution in [3.05, 3.63) is 64.1 Å². The minimum Gasteiger partial charge on any atom is -0.383 e. The molecular weight excluding hydrogens is 369 g/mol. The number of H-pyrrole nitrogens is 1. The van der Waals surface area contributed by atoms with E-state index in [1.54, 1.807) is 6.07 Å². The molecule has 3 rings (SSSR count). The summed E-state index contributed by atoms with van der Waals surface area (Å²) in [6.45, 7) is 2.88. The van der Waals surface area contributed by atoms with Gasteiger partial charge in [-0.15, -0.1) is 0 Å². The summed E-state index contributed by atoms with van der Waals surface area (Å²) in [7, 11) is 0. The summed E-state index contributed by atoms with van der Waals surface area (Å²) in [5.41, 5.74) is 6.85. The molecule has 0 radical (unpaired) electrons. The van der Waals surface area contributed by atoms with Crippen molar-refractivity contribution in [3.63, 3.8) is 0 Å². The smallest absolute Gasteiger partial charge is 0.383 e. The van der Waals surface area contributed by atoms with Crippen molar-refractivity contribution in [2.45, 2.75) is 19.5 Å². The van der Waals surface area contributed by atoms with E-state index in [0.29, 0.717) is 36.0 Å². The number of fused-ring (bicyclic) bond motifs is 1. The van der Waals surface area contributed by atoms with Crippen LogP contribution >= 0.6 is 0 Å². The maximum Gasteiger partial charge on any atom is 0.416 e. The van der Waals surface area contributed by atoms with Gasteiger partial charge < -0.3 is 21.4 Å². The molecule has 2 aromatic carbocycles. The second-order valence-electron chi connectivity index (χ2n) is 6.32. The lowest BCUT2D eigenvalue weighted by Gasteiger charge is -2.19. The highest BCUT2D eigenvalue weighted by Gasteiger charge is 2.30. The highest BCUT2D eigenvalue weighted by molar-refractivity contribution is 6.00. The fourth-order valence-corrected chi connectivity index (χ4v) is 3.19. The molecule has 0 saturated carbocycles. The molecule has 0 atom stereocenters. The third-order valence-corrected chi connectivity index (χ3v) is 4.44. The quantitative estimate of drug-likeness (QED) is 0.508. The van der Waals surface area contributed by atoms with Crippen molar-refractivity contribution in [2.24, 2.45) is 5.73 Å². The van der Waals surface area contributed by atoms with Crippen LogP contribution in [0.3, 0.4) is 0 Å². The summed E-state index contributed by atoms with van der Waals surface area (Å²) in [5.74, 6) is 0. The first-order valence-electron chi connectivity index (χ1n) is 8.90. The van der Waals surface area contributed by atoms with Gasteiger partial charge in [-0.2, -0.15) is 13.2 Å². The number of hydrogen-bond donors (Lipinski definition) is 4. The monoisotopic (exact) mass is 390 g/mol. The summed E-state index contributed by atoms with van der Waals surface area (Å²) in [6, 6.07) is 8.52. The highest BCUT2D eigenvalue weighted by atomic mass is 19.4. The standard InChI is InChI=1S/C20H21F3N4O/c1-2-15-16(25-9-7-24)10-12-6-8-26-19(28)17(12)18(15)27-14-5-3-4-13(11-14)20(21,22)23/h3-6,8,10-11,25,27H,2,7,9,24H2,1H3,(H,26,28).